The summed E-state index contributed by atoms with van der Waals surface area (Å²) in [6.45, 7) is 4.78. The second kappa shape index (κ2) is 6.55. The van der Waals surface area contributed by atoms with Crippen LogP contribution >= 0.6 is 0 Å². The second-order valence-electron chi connectivity index (χ2n) is 2.23. The molecule has 3 heteroatoms. The summed E-state index contributed by atoms with van der Waals surface area (Å²) in [5.74, 6) is 0. The third kappa shape index (κ3) is 5.56. The molecule has 0 atom stereocenters. The first kappa shape index (κ1) is 9.43. The summed E-state index contributed by atoms with van der Waals surface area (Å²) >= 11 is 0. The van der Waals surface area contributed by atoms with E-state index >= 15 is 0 Å². The Hall–Kier alpha value is -0.570. The number of aliphatic hydroxyl groups is 1. The van der Waals surface area contributed by atoms with Gasteiger partial charge in [-0.05, 0) is 13.3 Å². The van der Waals surface area contributed by atoms with Crippen LogP contribution < -0.4 is 5.43 Å². The van der Waals surface area contributed by atoms with Gasteiger partial charge in [-0.25, -0.2) is 0 Å². The third-order valence-corrected chi connectivity index (χ3v) is 1.11. The summed E-state index contributed by atoms with van der Waals surface area (Å²) in [6.07, 6.45) is 2.15. The smallest absolute Gasteiger partial charge is 0.0620 e. The summed E-state index contributed by atoms with van der Waals surface area (Å²) in [7, 11) is 0. The first-order valence-electron chi connectivity index (χ1n) is 3.68. The lowest BCUT2D eigenvalue weighted by molar-refractivity contribution is 0.293. The molecule has 10 heavy (non-hydrogen) atoms. The molecule has 60 valence electrons. The van der Waals surface area contributed by atoms with Crippen LogP contribution in [0, 0.1) is 0 Å². The van der Waals surface area contributed by atoms with Gasteiger partial charge >= 0.3 is 0 Å². The van der Waals surface area contributed by atoms with E-state index < -0.39 is 0 Å². The fourth-order valence-corrected chi connectivity index (χ4v) is 0.659. The highest BCUT2D eigenvalue weighted by Crippen LogP contribution is 1.88. The van der Waals surface area contributed by atoms with Gasteiger partial charge in [-0.1, -0.05) is 13.3 Å². The lowest BCUT2D eigenvalue weighted by atomic mass is 10.2. The maximum atomic E-state index is 8.38. The number of rotatable bonds is 5. The normalized spacial score (nSPS) is 11.7. The average molecular weight is 144 g/mol. The lowest BCUT2D eigenvalue weighted by Crippen LogP contribution is -2.13. The fourth-order valence-electron chi connectivity index (χ4n) is 0.659. The second-order valence-corrected chi connectivity index (χ2v) is 2.23. The van der Waals surface area contributed by atoms with Gasteiger partial charge in [-0.3, -0.25) is 0 Å². The summed E-state index contributed by atoms with van der Waals surface area (Å²) in [5, 5.41) is 12.4. The minimum Gasteiger partial charge on any atom is -0.394 e. The van der Waals surface area contributed by atoms with Crippen molar-refractivity contribution in [1.29, 1.82) is 0 Å². The van der Waals surface area contributed by atoms with E-state index in [9.17, 15) is 0 Å². The van der Waals surface area contributed by atoms with Gasteiger partial charge in [0.1, 0.15) is 0 Å². The van der Waals surface area contributed by atoms with Gasteiger partial charge in [0, 0.05) is 5.71 Å². The zero-order chi connectivity index (χ0) is 7.82. The topological polar surface area (TPSA) is 44.6 Å². The lowest BCUT2D eigenvalue weighted by Gasteiger charge is -1.98. The molecular weight excluding hydrogens is 128 g/mol. The molecule has 0 heterocycles. The monoisotopic (exact) mass is 144 g/mol. The van der Waals surface area contributed by atoms with E-state index in [-0.39, 0.29) is 6.61 Å². The number of nitrogens with one attached hydrogen (secondary N) is 1. The van der Waals surface area contributed by atoms with Crippen molar-refractivity contribution in [3.8, 4) is 0 Å². The van der Waals surface area contributed by atoms with E-state index in [4.69, 9.17) is 5.11 Å². The minimum atomic E-state index is 0.142. The number of hydrogen-bond donors (Lipinski definition) is 2. The first-order chi connectivity index (χ1) is 4.81. The molecule has 0 aliphatic carbocycles. The van der Waals surface area contributed by atoms with E-state index in [0.29, 0.717) is 6.54 Å². The minimum absolute atomic E-state index is 0.142. The number of hydrogen-bond acceptors (Lipinski definition) is 3. The molecule has 2 N–H and O–H groups in total. The van der Waals surface area contributed by atoms with Crippen LogP contribution in [0.3, 0.4) is 0 Å². The number of hydrazone groups is 1. The molecule has 0 bridgehead atoms. The Morgan fingerprint density at radius 1 is 1.60 bits per heavy atom. The molecule has 0 radical (unpaired) electrons. The Kier molecular flexibility index (Phi) is 6.18. The molecule has 0 spiro atoms. The van der Waals surface area contributed by atoms with Crippen molar-refractivity contribution >= 4 is 5.71 Å². The number of aliphatic hydroxyl groups excluding tert-OH is 1. The predicted octanol–water partition coefficient (Wildman–Crippen LogP) is 0.744. The fraction of sp³-hybridized carbons (Fsp3) is 0.857. The highest BCUT2D eigenvalue weighted by molar-refractivity contribution is 5.81. The Morgan fingerprint density at radius 3 is 2.80 bits per heavy atom. The van der Waals surface area contributed by atoms with Gasteiger partial charge in [0.15, 0.2) is 0 Å². The van der Waals surface area contributed by atoms with Gasteiger partial charge in [0.25, 0.3) is 0 Å². The maximum Gasteiger partial charge on any atom is 0.0620 e. The van der Waals surface area contributed by atoms with Crippen LogP contribution in [0.2, 0.25) is 0 Å². The van der Waals surface area contributed by atoms with Crippen LogP contribution in [0.25, 0.3) is 0 Å². The van der Waals surface area contributed by atoms with Crippen molar-refractivity contribution in [2.75, 3.05) is 13.2 Å². The highest BCUT2D eigenvalue weighted by atomic mass is 16.3. The van der Waals surface area contributed by atoms with Gasteiger partial charge < -0.3 is 10.5 Å². The SMILES string of the molecule is CCC/C(C)=N/NCCO. The zero-order valence-corrected chi connectivity index (χ0v) is 6.72. The molecule has 0 saturated heterocycles. The molecule has 3 nitrogen and oxygen atoms in total. The van der Waals surface area contributed by atoms with Crippen molar-refractivity contribution in [2.45, 2.75) is 26.7 Å². The van der Waals surface area contributed by atoms with Crippen LogP contribution in [0.15, 0.2) is 5.10 Å². The standard InChI is InChI=1S/C7H16N2O/c1-3-4-7(2)9-8-5-6-10/h8,10H,3-6H2,1-2H3/b9-7+. The van der Waals surface area contributed by atoms with Crippen molar-refractivity contribution in [3.05, 3.63) is 0 Å². The van der Waals surface area contributed by atoms with E-state index in [2.05, 4.69) is 17.5 Å². The molecule has 0 unspecified atom stereocenters. The predicted molar refractivity (Wildman–Crippen MR) is 43.1 cm³/mol. The Balaban J connectivity index is 3.28. The molecule has 0 fully saturated rings. The van der Waals surface area contributed by atoms with Gasteiger partial charge in [-0.15, -0.1) is 0 Å². The van der Waals surface area contributed by atoms with E-state index in [1.807, 2.05) is 6.92 Å². The van der Waals surface area contributed by atoms with Crippen LogP contribution in [-0.2, 0) is 0 Å². The van der Waals surface area contributed by atoms with Crippen molar-refractivity contribution in [2.24, 2.45) is 5.10 Å². The van der Waals surface area contributed by atoms with Crippen molar-refractivity contribution in [1.82, 2.24) is 5.43 Å². The van der Waals surface area contributed by atoms with Crippen LogP contribution in [0.5, 0.6) is 0 Å². The van der Waals surface area contributed by atoms with E-state index in [1.165, 1.54) is 0 Å². The third-order valence-electron chi connectivity index (χ3n) is 1.11. The van der Waals surface area contributed by atoms with E-state index in [0.717, 1.165) is 18.6 Å². The Bertz CT molecular complexity index is 102. The summed E-state index contributed by atoms with van der Waals surface area (Å²) in [5.41, 5.74) is 3.85. The molecule has 0 aliphatic rings. The van der Waals surface area contributed by atoms with Crippen LogP contribution in [0.1, 0.15) is 26.7 Å². The maximum absolute atomic E-state index is 8.38. The molecule has 0 aromatic rings. The summed E-state index contributed by atoms with van der Waals surface area (Å²) in [4.78, 5) is 0. The first-order valence-corrected chi connectivity index (χ1v) is 3.68. The average Bonchev–Trinajstić information content (AvgIpc) is 1.89. The number of nitrogens with zero attached hydrogens (tertiary/aromatic N) is 1. The van der Waals surface area contributed by atoms with Crippen LogP contribution in [-0.4, -0.2) is 24.0 Å². The molecule has 0 aliphatic heterocycles. The molecule has 0 amide bonds. The Morgan fingerprint density at radius 2 is 2.30 bits per heavy atom. The molecule has 0 saturated carbocycles. The van der Waals surface area contributed by atoms with Crippen molar-refractivity contribution < 1.29 is 5.11 Å². The quantitative estimate of drug-likeness (QED) is 0.339. The van der Waals surface area contributed by atoms with Gasteiger partial charge in [0.2, 0.25) is 0 Å². The van der Waals surface area contributed by atoms with Gasteiger partial charge in [-0.2, -0.15) is 5.10 Å². The Labute approximate surface area is 62.1 Å². The summed E-state index contributed by atoms with van der Waals surface area (Å²) < 4.78 is 0. The molecule has 0 aromatic carbocycles. The molecule has 0 rings (SSSR count). The zero-order valence-electron chi connectivity index (χ0n) is 6.72. The van der Waals surface area contributed by atoms with E-state index in [1.54, 1.807) is 0 Å². The van der Waals surface area contributed by atoms with Gasteiger partial charge in [0.05, 0.1) is 13.2 Å². The van der Waals surface area contributed by atoms with Crippen molar-refractivity contribution in [3.63, 3.8) is 0 Å². The van der Waals surface area contributed by atoms with Crippen LogP contribution in [0.4, 0.5) is 0 Å². The highest BCUT2D eigenvalue weighted by Gasteiger charge is 1.86. The molecule has 0 aromatic heterocycles. The molecular formula is C7H16N2O. The summed E-state index contributed by atoms with van der Waals surface area (Å²) in [6, 6.07) is 0. The largest absolute Gasteiger partial charge is 0.394 e.